The van der Waals surface area contributed by atoms with Crippen molar-refractivity contribution in [3.05, 3.63) is 77.6 Å². The monoisotopic (exact) mass is 295 g/mol. The number of hydrogen-bond donors (Lipinski definition) is 1. The Labute approximate surface area is 131 Å². The lowest BCUT2D eigenvalue weighted by Crippen LogP contribution is -2.05. The van der Waals surface area contributed by atoms with Gasteiger partial charge < -0.3 is 10.1 Å². The summed E-state index contributed by atoms with van der Waals surface area (Å²) in [6.45, 7) is 8.08. The summed E-state index contributed by atoms with van der Waals surface area (Å²) < 4.78 is 5.02. The molecule has 3 nitrogen and oxygen atoms in total. The van der Waals surface area contributed by atoms with E-state index in [1.54, 1.807) is 19.1 Å². The smallest absolute Gasteiger partial charge is 0.343 e. The maximum Gasteiger partial charge on any atom is 0.343 e. The standard InChI is InChI=1S/C19H21NO2/c1-4-15-8-10-16(11-9-15)13-20-18-7-5-6-17(12-18)19(21)22-14(2)3/h5-12,20H,2,4,13H2,1,3H3. The van der Waals surface area contributed by atoms with Gasteiger partial charge in [-0.1, -0.05) is 43.8 Å². The zero-order valence-corrected chi connectivity index (χ0v) is 13.1. The van der Waals surface area contributed by atoms with E-state index in [9.17, 15) is 4.79 Å². The van der Waals surface area contributed by atoms with Gasteiger partial charge in [0.05, 0.1) is 11.3 Å². The number of hydrogen-bond acceptors (Lipinski definition) is 3. The van der Waals surface area contributed by atoms with Gasteiger partial charge in [0.1, 0.15) is 0 Å². The van der Waals surface area contributed by atoms with Crippen molar-refractivity contribution in [1.29, 1.82) is 0 Å². The number of aryl methyl sites for hydroxylation is 1. The van der Waals surface area contributed by atoms with Gasteiger partial charge in [-0.05, 0) is 42.7 Å². The van der Waals surface area contributed by atoms with Crippen LogP contribution in [0.5, 0.6) is 0 Å². The van der Waals surface area contributed by atoms with E-state index >= 15 is 0 Å². The predicted octanol–water partition coefficient (Wildman–Crippen LogP) is 4.55. The molecule has 0 unspecified atom stereocenters. The molecule has 0 atom stereocenters. The molecule has 1 N–H and O–H groups in total. The molecule has 0 bridgehead atoms. The molecule has 0 heterocycles. The van der Waals surface area contributed by atoms with Crippen molar-refractivity contribution >= 4 is 11.7 Å². The molecule has 0 fully saturated rings. The molecule has 0 aromatic heterocycles. The lowest BCUT2D eigenvalue weighted by molar-refractivity contribution is 0.0628. The van der Waals surface area contributed by atoms with Gasteiger partial charge in [-0.25, -0.2) is 4.79 Å². The zero-order valence-electron chi connectivity index (χ0n) is 13.1. The van der Waals surface area contributed by atoms with E-state index in [0.29, 0.717) is 17.9 Å². The van der Waals surface area contributed by atoms with Crippen LogP contribution in [0.4, 0.5) is 5.69 Å². The number of ether oxygens (including phenoxy) is 1. The van der Waals surface area contributed by atoms with Gasteiger partial charge in [-0.15, -0.1) is 0 Å². The van der Waals surface area contributed by atoms with Gasteiger partial charge in [-0.2, -0.15) is 0 Å². The van der Waals surface area contributed by atoms with Crippen molar-refractivity contribution in [2.75, 3.05) is 5.32 Å². The van der Waals surface area contributed by atoms with Crippen LogP contribution < -0.4 is 5.32 Å². The molecule has 0 amide bonds. The number of carbonyl (C=O) groups excluding carboxylic acids is 1. The third kappa shape index (κ3) is 4.48. The Balaban J connectivity index is 2.00. The van der Waals surface area contributed by atoms with Crippen LogP contribution in [0.25, 0.3) is 0 Å². The van der Waals surface area contributed by atoms with E-state index in [2.05, 4.69) is 43.1 Å². The average molecular weight is 295 g/mol. The molecule has 0 saturated heterocycles. The van der Waals surface area contributed by atoms with Crippen LogP contribution in [0.3, 0.4) is 0 Å². The van der Waals surface area contributed by atoms with E-state index in [1.807, 2.05) is 12.1 Å². The third-order valence-corrected chi connectivity index (χ3v) is 3.29. The molecule has 0 radical (unpaired) electrons. The van der Waals surface area contributed by atoms with Gasteiger partial charge in [0.2, 0.25) is 0 Å². The van der Waals surface area contributed by atoms with Crippen LogP contribution in [0, 0.1) is 0 Å². The Morgan fingerprint density at radius 1 is 1.14 bits per heavy atom. The average Bonchev–Trinajstić information content (AvgIpc) is 2.53. The highest BCUT2D eigenvalue weighted by Crippen LogP contribution is 2.14. The first-order valence-electron chi connectivity index (χ1n) is 7.38. The van der Waals surface area contributed by atoms with Crippen molar-refractivity contribution in [3.8, 4) is 0 Å². The van der Waals surface area contributed by atoms with E-state index in [0.717, 1.165) is 12.1 Å². The Morgan fingerprint density at radius 3 is 2.45 bits per heavy atom. The van der Waals surface area contributed by atoms with Crippen molar-refractivity contribution in [1.82, 2.24) is 0 Å². The maximum absolute atomic E-state index is 11.8. The molecule has 0 spiro atoms. The highest BCUT2D eigenvalue weighted by Gasteiger charge is 2.08. The SMILES string of the molecule is C=C(C)OC(=O)c1cccc(NCc2ccc(CC)cc2)c1. The molecule has 2 rings (SSSR count). The number of allylic oxidation sites excluding steroid dienone is 1. The molecule has 3 heteroatoms. The second-order valence-electron chi connectivity index (χ2n) is 5.20. The predicted molar refractivity (Wildman–Crippen MR) is 89.8 cm³/mol. The maximum atomic E-state index is 11.8. The van der Waals surface area contributed by atoms with E-state index in [4.69, 9.17) is 4.74 Å². The summed E-state index contributed by atoms with van der Waals surface area (Å²) in [4.78, 5) is 11.8. The Morgan fingerprint density at radius 2 is 1.82 bits per heavy atom. The molecule has 0 aliphatic heterocycles. The molecular weight excluding hydrogens is 274 g/mol. The van der Waals surface area contributed by atoms with Crippen molar-refractivity contribution in [2.45, 2.75) is 26.8 Å². The Bertz CT molecular complexity index is 659. The summed E-state index contributed by atoms with van der Waals surface area (Å²) in [7, 11) is 0. The van der Waals surface area contributed by atoms with Crippen molar-refractivity contribution in [2.24, 2.45) is 0 Å². The summed E-state index contributed by atoms with van der Waals surface area (Å²) in [5.74, 6) is 0.00262. The molecule has 0 aliphatic carbocycles. The molecule has 22 heavy (non-hydrogen) atoms. The van der Waals surface area contributed by atoms with Gasteiger partial charge in [0.15, 0.2) is 0 Å². The second-order valence-corrected chi connectivity index (χ2v) is 5.20. The van der Waals surface area contributed by atoms with Crippen molar-refractivity contribution < 1.29 is 9.53 Å². The van der Waals surface area contributed by atoms with Crippen LogP contribution in [0.15, 0.2) is 60.9 Å². The van der Waals surface area contributed by atoms with E-state index in [-0.39, 0.29) is 5.97 Å². The number of benzene rings is 2. The minimum atomic E-state index is -0.386. The fourth-order valence-electron chi connectivity index (χ4n) is 2.07. The van der Waals surface area contributed by atoms with Crippen LogP contribution in [0.2, 0.25) is 0 Å². The minimum absolute atomic E-state index is 0.386. The fraction of sp³-hybridized carbons (Fsp3) is 0.211. The van der Waals surface area contributed by atoms with Gasteiger partial charge >= 0.3 is 5.97 Å². The van der Waals surface area contributed by atoms with Gasteiger partial charge in [0.25, 0.3) is 0 Å². The Kier molecular flexibility index (Phi) is 5.37. The first-order chi connectivity index (χ1) is 10.6. The topological polar surface area (TPSA) is 38.3 Å². The lowest BCUT2D eigenvalue weighted by Gasteiger charge is -2.09. The van der Waals surface area contributed by atoms with Crippen molar-refractivity contribution in [3.63, 3.8) is 0 Å². The molecule has 2 aromatic carbocycles. The first-order valence-corrected chi connectivity index (χ1v) is 7.38. The zero-order chi connectivity index (χ0) is 15.9. The molecule has 0 saturated carbocycles. The summed E-state index contributed by atoms with van der Waals surface area (Å²) >= 11 is 0. The first kappa shape index (κ1) is 15.8. The number of anilines is 1. The molecule has 2 aromatic rings. The van der Waals surface area contributed by atoms with Gasteiger partial charge in [0, 0.05) is 12.2 Å². The van der Waals surface area contributed by atoms with E-state index < -0.39 is 0 Å². The van der Waals surface area contributed by atoms with Gasteiger partial charge in [-0.3, -0.25) is 0 Å². The summed E-state index contributed by atoms with van der Waals surface area (Å²) in [6.07, 6.45) is 1.04. The van der Waals surface area contributed by atoms with Crippen LogP contribution in [-0.2, 0) is 17.7 Å². The third-order valence-electron chi connectivity index (χ3n) is 3.29. The van der Waals surface area contributed by atoms with Crippen LogP contribution in [0.1, 0.15) is 35.3 Å². The normalized spacial score (nSPS) is 10.1. The van der Waals surface area contributed by atoms with Crippen LogP contribution in [-0.4, -0.2) is 5.97 Å². The molecule has 0 aliphatic rings. The highest BCUT2D eigenvalue weighted by molar-refractivity contribution is 5.91. The summed E-state index contributed by atoms with van der Waals surface area (Å²) in [5, 5.41) is 3.32. The number of rotatable bonds is 6. The molecule has 114 valence electrons. The minimum Gasteiger partial charge on any atom is -0.428 e. The van der Waals surface area contributed by atoms with E-state index in [1.165, 1.54) is 11.1 Å². The summed E-state index contributed by atoms with van der Waals surface area (Å²) in [5.41, 5.74) is 3.92. The quantitative estimate of drug-likeness (QED) is 0.627. The highest BCUT2D eigenvalue weighted by atomic mass is 16.5. The summed E-state index contributed by atoms with van der Waals surface area (Å²) in [6, 6.07) is 15.8. The molecular formula is C19H21NO2. The lowest BCUT2D eigenvalue weighted by atomic mass is 10.1. The fourth-order valence-corrected chi connectivity index (χ4v) is 2.07. The number of carbonyl (C=O) groups is 1. The number of nitrogens with one attached hydrogen (secondary N) is 1. The Hall–Kier alpha value is -2.55. The second kappa shape index (κ2) is 7.46. The number of esters is 1. The largest absolute Gasteiger partial charge is 0.428 e. The van der Waals surface area contributed by atoms with Crippen LogP contribution >= 0.6 is 0 Å².